The van der Waals surface area contributed by atoms with Gasteiger partial charge in [-0.2, -0.15) is 0 Å². The molecule has 0 saturated carbocycles. The molecule has 1 atom stereocenters. The van der Waals surface area contributed by atoms with Gasteiger partial charge in [0.1, 0.15) is 12.4 Å². The first-order valence-electron chi connectivity index (χ1n) is 10.2. The summed E-state index contributed by atoms with van der Waals surface area (Å²) < 4.78 is 5.79. The van der Waals surface area contributed by atoms with Gasteiger partial charge in [0.05, 0.1) is 12.5 Å². The summed E-state index contributed by atoms with van der Waals surface area (Å²) in [5.41, 5.74) is 0.998. The third kappa shape index (κ3) is 4.97. The van der Waals surface area contributed by atoms with E-state index in [1.54, 1.807) is 0 Å². The van der Waals surface area contributed by atoms with Crippen LogP contribution in [0.5, 0.6) is 5.75 Å². The molecule has 0 aliphatic carbocycles. The molecular formula is C21H30ClN3O3. The van der Waals surface area contributed by atoms with Crippen LogP contribution >= 0.6 is 11.6 Å². The molecule has 154 valence electrons. The van der Waals surface area contributed by atoms with E-state index < -0.39 is 0 Å². The number of benzene rings is 1. The zero-order valence-corrected chi connectivity index (χ0v) is 17.6. The van der Waals surface area contributed by atoms with Crippen molar-refractivity contribution in [3.63, 3.8) is 0 Å². The molecule has 2 aliphatic rings. The van der Waals surface area contributed by atoms with Gasteiger partial charge in [-0.1, -0.05) is 11.6 Å². The zero-order chi connectivity index (χ0) is 20.1. The number of fused-ring (bicyclic) bond motifs is 1. The van der Waals surface area contributed by atoms with Crippen molar-refractivity contribution in [3.8, 4) is 5.75 Å². The van der Waals surface area contributed by atoms with Crippen LogP contribution < -0.4 is 4.74 Å². The molecule has 6 nitrogen and oxygen atoms in total. The average Bonchev–Trinajstić information content (AvgIpc) is 2.93. The fourth-order valence-electron chi connectivity index (χ4n) is 4.00. The normalized spacial score (nSPS) is 20.1. The monoisotopic (exact) mass is 407 g/mol. The first kappa shape index (κ1) is 20.9. The number of halogens is 1. The Hall–Kier alpha value is -1.79. The lowest BCUT2D eigenvalue weighted by Gasteiger charge is -2.30. The van der Waals surface area contributed by atoms with Crippen LogP contribution in [0.15, 0.2) is 18.2 Å². The van der Waals surface area contributed by atoms with Crippen LogP contribution in [0, 0.1) is 5.92 Å². The van der Waals surface area contributed by atoms with Crippen LogP contribution in [-0.2, 0) is 16.0 Å². The van der Waals surface area contributed by atoms with E-state index in [2.05, 4.69) is 4.90 Å². The van der Waals surface area contributed by atoms with E-state index in [0.29, 0.717) is 31.1 Å². The van der Waals surface area contributed by atoms with Gasteiger partial charge in [-0.25, -0.2) is 0 Å². The predicted octanol–water partition coefficient (Wildman–Crippen LogP) is 2.29. The average molecular weight is 408 g/mol. The van der Waals surface area contributed by atoms with Crippen molar-refractivity contribution in [1.82, 2.24) is 14.7 Å². The lowest BCUT2D eigenvalue weighted by molar-refractivity contribution is -0.136. The van der Waals surface area contributed by atoms with Crippen molar-refractivity contribution in [2.75, 3.05) is 52.4 Å². The van der Waals surface area contributed by atoms with E-state index in [1.165, 1.54) is 0 Å². The molecule has 1 saturated heterocycles. The highest BCUT2D eigenvalue weighted by Crippen LogP contribution is 2.30. The minimum Gasteiger partial charge on any atom is -0.492 e. The maximum atomic E-state index is 13.0. The van der Waals surface area contributed by atoms with E-state index in [0.717, 1.165) is 50.5 Å². The van der Waals surface area contributed by atoms with Crippen LogP contribution in [0.2, 0.25) is 5.02 Å². The van der Waals surface area contributed by atoms with E-state index in [1.807, 2.05) is 41.8 Å². The second-order valence-electron chi connectivity index (χ2n) is 7.49. The SMILES string of the molecule is CCN(CC)C(=O)CN1CCCN(C(=O)C2COc3ccc(Cl)cc3C2)CC1. The zero-order valence-electron chi connectivity index (χ0n) is 16.8. The molecule has 28 heavy (non-hydrogen) atoms. The molecule has 1 aromatic carbocycles. The molecule has 0 radical (unpaired) electrons. The Morgan fingerprint density at radius 1 is 1.18 bits per heavy atom. The highest BCUT2D eigenvalue weighted by atomic mass is 35.5. The summed E-state index contributed by atoms with van der Waals surface area (Å²) in [6.07, 6.45) is 1.54. The van der Waals surface area contributed by atoms with Gasteiger partial charge < -0.3 is 14.5 Å². The number of nitrogens with zero attached hydrogens (tertiary/aromatic N) is 3. The number of rotatable bonds is 5. The van der Waals surface area contributed by atoms with E-state index in [4.69, 9.17) is 16.3 Å². The molecule has 0 aromatic heterocycles. The fourth-order valence-corrected chi connectivity index (χ4v) is 4.19. The predicted molar refractivity (Wildman–Crippen MR) is 110 cm³/mol. The minimum atomic E-state index is -0.171. The quantitative estimate of drug-likeness (QED) is 0.751. The Labute approximate surface area is 172 Å². The van der Waals surface area contributed by atoms with Gasteiger partial charge in [0.2, 0.25) is 11.8 Å². The number of amides is 2. The van der Waals surface area contributed by atoms with Crippen LogP contribution in [-0.4, -0.2) is 78.9 Å². The van der Waals surface area contributed by atoms with Crippen molar-refractivity contribution in [2.45, 2.75) is 26.7 Å². The van der Waals surface area contributed by atoms with Crippen LogP contribution in [0.3, 0.4) is 0 Å². The second-order valence-corrected chi connectivity index (χ2v) is 7.92. The summed E-state index contributed by atoms with van der Waals surface area (Å²) in [6, 6.07) is 5.57. The van der Waals surface area contributed by atoms with Gasteiger partial charge in [0, 0.05) is 44.3 Å². The molecule has 0 bridgehead atoms. The molecule has 2 aliphatic heterocycles. The molecule has 7 heteroatoms. The third-order valence-corrected chi connectivity index (χ3v) is 5.89. The second kappa shape index (κ2) is 9.61. The molecule has 1 aromatic rings. The van der Waals surface area contributed by atoms with Gasteiger partial charge >= 0.3 is 0 Å². The molecular weight excluding hydrogens is 378 g/mol. The summed E-state index contributed by atoms with van der Waals surface area (Å²) in [5.74, 6) is 0.960. The first-order chi connectivity index (χ1) is 13.5. The van der Waals surface area contributed by atoms with Gasteiger partial charge in [0.15, 0.2) is 0 Å². The number of carbonyl (C=O) groups excluding carboxylic acids is 2. The van der Waals surface area contributed by atoms with Crippen LogP contribution in [0.1, 0.15) is 25.8 Å². The Balaban J connectivity index is 1.55. The Morgan fingerprint density at radius 3 is 2.71 bits per heavy atom. The maximum Gasteiger partial charge on any atom is 0.236 e. The van der Waals surface area contributed by atoms with E-state index >= 15 is 0 Å². The Morgan fingerprint density at radius 2 is 1.96 bits per heavy atom. The van der Waals surface area contributed by atoms with Gasteiger partial charge in [-0.3, -0.25) is 14.5 Å². The van der Waals surface area contributed by atoms with Crippen molar-refractivity contribution < 1.29 is 14.3 Å². The first-order valence-corrected chi connectivity index (χ1v) is 10.6. The molecule has 1 fully saturated rings. The summed E-state index contributed by atoms with van der Waals surface area (Å²) in [7, 11) is 0. The minimum absolute atomic E-state index is 0.141. The smallest absolute Gasteiger partial charge is 0.236 e. The molecule has 0 spiro atoms. The standard InChI is InChI=1S/C21H30ClN3O3/c1-3-24(4-2)20(26)14-23-8-5-9-25(11-10-23)21(27)17-12-16-13-18(22)6-7-19(16)28-15-17/h6-7,13,17H,3-5,8-12,14-15H2,1-2H3. The van der Waals surface area contributed by atoms with Crippen molar-refractivity contribution in [3.05, 3.63) is 28.8 Å². The Bertz CT molecular complexity index is 708. The van der Waals surface area contributed by atoms with Crippen molar-refractivity contribution in [1.29, 1.82) is 0 Å². The highest BCUT2D eigenvalue weighted by molar-refractivity contribution is 6.30. The number of carbonyl (C=O) groups is 2. The topological polar surface area (TPSA) is 53.1 Å². The summed E-state index contributed by atoms with van der Waals surface area (Å²) in [6.45, 7) is 9.28. The highest BCUT2D eigenvalue weighted by Gasteiger charge is 2.31. The molecule has 1 unspecified atom stereocenters. The number of hydrogen-bond acceptors (Lipinski definition) is 4. The lowest BCUT2D eigenvalue weighted by atomic mass is 9.95. The summed E-state index contributed by atoms with van der Waals surface area (Å²) >= 11 is 6.09. The van der Waals surface area contributed by atoms with E-state index in [9.17, 15) is 9.59 Å². The fraction of sp³-hybridized carbons (Fsp3) is 0.619. The molecule has 0 N–H and O–H groups in total. The molecule has 3 rings (SSSR count). The lowest BCUT2D eigenvalue weighted by Crippen LogP contribution is -2.44. The van der Waals surface area contributed by atoms with Crippen LogP contribution in [0.25, 0.3) is 0 Å². The number of hydrogen-bond donors (Lipinski definition) is 0. The third-order valence-electron chi connectivity index (χ3n) is 5.65. The van der Waals surface area contributed by atoms with Gasteiger partial charge in [-0.15, -0.1) is 0 Å². The van der Waals surface area contributed by atoms with Crippen molar-refractivity contribution >= 4 is 23.4 Å². The largest absolute Gasteiger partial charge is 0.492 e. The summed E-state index contributed by atoms with van der Waals surface area (Å²) in [4.78, 5) is 31.4. The van der Waals surface area contributed by atoms with Crippen LogP contribution in [0.4, 0.5) is 0 Å². The summed E-state index contributed by atoms with van der Waals surface area (Å²) in [5, 5.41) is 0.665. The Kier molecular flexibility index (Phi) is 7.18. The van der Waals surface area contributed by atoms with Gasteiger partial charge in [0.25, 0.3) is 0 Å². The number of ether oxygens (including phenoxy) is 1. The van der Waals surface area contributed by atoms with Crippen molar-refractivity contribution in [2.24, 2.45) is 5.92 Å². The molecule has 2 amide bonds. The van der Waals surface area contributed by atoms with Gasteiger partial charge in [-0.05, 0) is 50.5 Å². The molecule has 2 heterocycles. The van der Waals surface area contributed by atoms with E-state index in [-0.39, 0.29) is 17.7 Å². The maximum absolute atomic E-state index is 13.0. The number of likely N-dealkylation sites (N-methyl/N-ethyl adjacent to an activating group) is 1.